The van der Waals surface area contributed by atoms with Crippen molar-refractivity contribution >= 4 is 11.0 Å². The second-order valence-corrected chi connectivity index (χ2v) is 20.0. The van der Waals surface area contributed by atoms with E-state index in [4.69, 9.17) is 9.97 Å². The molecular weight excluding hydrogens is 781 g/mol. The lowest BCUT2D eigenvalue weighted by Gasteiger charge is -2.27. The van der Waals surface area contributed by atoms with Gasteiger partial charge in [0.2, 0.25) is 0 Å². The van der Waals surface area contributed by atoms with Gasteiger partial charge >= 0.3 is 0 Å². The Morgan fingerprint density at radius 1 is 0.438 bits per heavy atom. The van der Waals surface area contributed by atoms with E-state index in [1.807, 2.05) is 30.6 Å². The molecule has 0 aliphatic heterocycles. The van der Waals surface area contributed by atoms with Gasteiger partial charge in [0, 0.05) is 40.2 Å². The van der Waals surface area contributed by atoms with Crippen LogP contribution in [0, 0.1) is 0 Å². The van der Waals surface area contributed by atoms with Gasteiger partial charge in [-0.25, -0.2) is 4.98 Å². The van der Waals surface area contributed by atoms with Gasteiger partial charge in [-0.3, -0.25) is 14.5 Å². The number of phenols is 1. The van der Waals surface area contributed by atoms with Gasteiger partial charge in [-0.1, -0.05) is 159 Å². The molecule has 3 heterocycles. The van der Waals surface area contributed by atoms with Crippen LogP contribution in [0.2, 0.25) is 0 Å². The first kappa shape index (κ1) is 42.2. The maximum absolute atomic E-state index is 12.5. The first-order valence-electron chi connectivity index (χ1n) is 22.2. The molecule has 318 valence electrons. The van der Waals surface area contributed by atoms with E-state index in [9.17, 15) is 5.11 Å². The highest BCUT2D eigenvalue weighted by Crippen LogP contribution is 2.46. The van der Waals surface area contributed by atoms with Crippen LogP contribution < -0.4 is 0 Å². The van der Waals surface area contributed by atoms with Crippen LogP contribution >= 0.6 is 0 Å². The highest BCUT2D eigenvalue weighted by atomic mass is 16.3. The van der Waals surface area contributed by atoms with Crippen molar-refractivity contribution in [3.05, 3.63) is 187 Å². The Kier molecular flexibility index (Phi) is 10.7. The first-order chi connectivity index (χ1) is 30.5. The topological polar surface area (TPSA) is 63.8 Å². The average Bonchev–Trinajstić information content (AvgIpc) is 3.68. The Hall–Kier alpha value is -7.11. The van der Waals surface area contributed by atoms with Crippen LogP contribution in [0.25, 0.3) is 84.0 Å². The third-order valence-electron chi connectivity index (χ3n) is 12.3. The lowest BCUT2D eigenvalue weighted by Crippen LogP contribution is -2.17. The molecule has 0 unspecified atom stereocenters. The molecule has 5 nitrogen and oxygen atoms in total. The average molecular weight is 837 g/mol. The number of pyridine rings is 2. The summed E-state index contributed by atoms with van der Waals surface area (Å²) in [6.45, 7) is 19.9. The number of hydrogen-bond donors (Lipinski definition) is 1. The first-order valence-corrected chi connectivity index (χ1v) is 22.2. The lowest BCUT2D eigenvalue weighted by molar-refractivity contribution is 0.446. The highest BCUT2D eigenvalue weighted by Gasteiger charge is 2.29. The van der Waals surface area contributed by atoms with Crippen molar-refractivity contribution in [3.63, 3.8) is 0 Å². The molecule has 0 saturated carbocycles. The maximum atomic E-state index is 12.5. The maximum Gasteiger partial charge on any atom is 0.149 e. The molecule has 6 aromatic carbocycles. The van der Waals surface area contributed by atoms with Gasteiger partial charge in [-0.05, 0) is 110 Å². The van der Waals surface area contributed by atoms with E-state index >= 15 is 0 Å². The molecule has 0 radical (unpaired) electrons. The van der Waals surface area contributed by atoms with Crippen LogP contribution in [0.3, 0.4) is 0 Å². The number of phenolic OH excluding ortho intramolecular Hbond substituents is 1. The van der Waals surface area contributed by atoms with Crippen molar-refractivity contribution in [1.82, 2.24) is 19.5 Å². The Morgan fingerprint density at radius 2 is 1.08 bits per heavy atom. The normalized spacial score (nSPS) is 12.2. The van der Waals surface area contributed by atoms with Crippen molar-refractivity contribution < 1.29 is 5.11 Å². The Labute approximate surface area is 378 Å². The van der Waals surface area contributed by atoms with Gasteiger partial charge < -0.3 is 5.11 Å². The minimum atomic E-state index is -0.331. The molecule has 64 heavy (non-hydrogen) atoms. The Balaban J connectivity index is 1.34. The molecule has 9 rings (SSSR count). The Bertz CT molecular complexity index is 3130. The van der Waals surface area contributed by atoms with E-state index < -0.39 is 0 Å². The standard InChI is InChI=1S/C59H56N4O/c1-57(2,3)44-32-42(31-43(33-44)51-28-26-41(37-61-51)50-24-16-17-30-60-50)46-23-18-25-53-54(46)62-56(48-35-45(58(4,5)6)36-49(55(48)64)59(7,8)9)63(53)52-29-27-40(38-19-12-10-13-20-38)34-47(52)39-21-14-11-15-22-39/h10-37,64H,1-9H3. The number of nitrogens with zero attached hydrogens (tertiary/aromatic N) is 4. The predicted molar refractivity (Wildman–Crippen MR) is 267 cm³/mol. The molecule has 0 aliphatic rings. The number of para-hydroxylation sites is 1. The molecule has 5 heteroatoms. The SMILES string of the molecule is CC(C)(C)c1cc(-c2ccc(-c3ccccn3)cn2)cc(-c2cccc3c2nc(-c2cc(C(C)(C)C)cc(C(C)(C)C)c2O)n3-c2ccc(-c3ccccc3)cc2-c2ccccc2)c1. The summed E-state index contributed by atoms with van der Waals surface area (Å²) in [5.74, 6) is 0.929. The zero-order chi connectivity index (χ0) is 45.0. The fourth-order valence-corrected chi connectivity index (χ4v) is 8.57. The molecule has 0 bridgehead atoms. The second kappa shape index (κ2) is 16.2. The van der Waals surface area contributed by atoms with E-state index in [0.717, 1.165) is 83.7 Å². The highest BCUT2D eigenvalue weighted by molar-refractivity contribution is 5.98. The number of imidazole rings is 1. The fourth-order valence-electron chi connectivity index (χ4n) is 8.57. The van der Waals surface area contributed by atoms with E-state index in [0.29, 0.717) is 11.4 Å². The minimum absolute atomic E-state index is 0.148. The third kappa shape index (κ3) is 8.15. The molecule has 9 aromatic rings. The smallest absolute Gasteiger partial charge is 0.149 e. The molecule has 0 fully saturated rings. The summed E-state index contributed by atoms with van der Waals surface area (Å²) in [5.41, 5.74) is 16.2. The number of benzene rings is 6. The van der Waals surface area contributed by atoms with Gasteiger partial charge in [-0.2, -0.15) is 0 Å². The zero-order valence-corrected chi connectivity index (χ0v) is 38.4. The van der Waals surface area contributed by atoms with Gasteiger partial charge in [-0.15, -0.1) is 0 Å². The quantitative estimate of drug-likeness (QED) is 0.174. The van der Waals surface area contributed by atoms with Crippen molar-refractivity contribution in [2.75, 3.05) is 0 Å². The Morgan fingerprint density at radius 3 is 1.72 bits per heavy atom. The number of rotatable bonds is 7. The molecule has 0 atom stereocenters. The summed E-state index contributed by atoms with van der Waals surface area (Å²) in [7, 11) is 0. The number of aromatic nitrogens is 4. The summed E-state index contributed by atoms with van der Waals surface area (Å²) in [6.07, 6.45) is 3.72. The minimum Gasteiger partial charge on any atom is -0.507 e. The van der Waals surface area contributed by atoms with Crippen LogP contribution in [-0.4, -0.2) is 24.6 Å². The summed E-state index contributed by atoms with van der Waals surface area (Å²) < 4.78 is 2.27. The van der Waals surface area contributed by atoms with E-state index in [1.54, 1.807) is 0 Å². The van der Waals surface area contributed by atoms with E-state index in [2.05, 4.69) is 211 Å². The molecular formula is C59H56N4O. The summed E-state index contributed by atoms with van der Waals surface area (Å²) in [4.78, 5) is 15.2. The summed E-state index contributed by atoms with van der Waals surface area (Å²) in [5, 5.41) is 12.5. The predicted octanol–water partition coefficient (Wildman–Crippen LogP) is 15.4. The van der Waals surface area contributed by atoms with Crippen LogP contribution in [0.1, 0.15) is 79.0 Å². The largest absolute Gasteiger partial charge is 0.507 e. The van der Waals surface area contributed by atoms with Crippen molar-refractivity contribution in [3.8, 4) is 78.7 Å². The van der Waals surface area contributed by atoms with Crippen molar-refractivity contribution in [2.45, 2.75) is 78.6 Å². The molecule has 0 aliphatic carbocycles. The van der Waals surface area contributed by atoms with Gasteiger partial charge in [0.25, 0.3) is 0 Å². The van der Waals surface area contributed by atoms with E-state index in [-0.39, 0.29) is 22.0 Å². The number of fused-ring (bicyclic) bond motifs is 1. The summed E-state index contributed by atoms with van der Waals surface area (Å²) >= 11 is 0. The molecule has 0 spiro atoms. The van der Waals surface area contributed by atoms with Crippen LogP contribution in [0.15, 0.2) is 170 Å². The molecule has 3 aromatic heterocycles. The molecule has 0 saturated heterocycles. The number of hydrogen-bond acceptors (Lipinski definition) is 4. The molecule has 1 N–H and O–H groups in total. The zero-order valence-electron chi connectivity index (χ0n) is 38.4. The lowest BCUT2D eigenvalue weighted by atomic mass is 9.79. The second-order valence-electron chi connectivity index (χ2n) is 20.0. The van der Waals surface area contributed by atoms with E-state index in [1.165, 1.54) is 5.56 Å². The molecule has 0 amide bonds. The number of aromatic hydroxyl groups is 1. The van der Waals surface area contributed by atoms with Gasteiger partial charge in [0.1, 0.15) is 11.6 Å². The fraction of sp³-hybridized carbons (Fsp3) is 0.203. The summed E-state index contributed by atoms with van der Waals surface area (Å²) in [6, 6.07) is 55.6. The van der Waals surface area contributed by atoms with Gasteiger partial charge in [0.15, 0.2) is 0 Å². The van der Waals surface area contributed by atoms with Crippen molar-refractivity contribution in [2.24, 2.45) is 0 Å². The third-order valence-corrected chi connectivity index (χ3v) is 12.3. The van der Waals surface area contributed by atoms with Crippen LogP contribution in [-0.2, 0) is 16.2 Å². The van der Waals surface area contributed by atoms with Crippen LogP contribution in [0.5, 0.6) is 5.75 Å². The van der Waals surface area contributed by atoms with Crippen molar-refractivity contribution in [1.29, 1.82) is 0 Å². The van der Waals surface area contributed by atoms with Gasteiger partial charge in [0.05, 0.1) is 33.7 Å². The van der Waals surface area contributed by atoms with Crippen LogP contribution in [0.4, 0.5) is 0 Å². The monoisotopic (exact) mass is 836 g/mol.